The van der Waals surface area contributed by atoms with E-state index in [1.807, 2.05) is 24.5 Å². The fraction of sp³-hybridized carbons (Fsp3) is 0.0667. The maximum Gasteiger partial charge on any atom is 0.177 e. The third-order valence-corrected chi connectivity index (χ3v) is 2.92. The van der Waals surface area contributed by atoms with Gasteiger partial charge in [0.05, 0.1) is 5.56 Å². The van der Waals surface area contributed by atoms with Crippen LogP contribution in [0.1, 0.15) is 0 Å². The van der Waals surface area contributed by atoms with Gasteiger partial charge in [0.15, 0.2) is 12.4 Å². The van der Waals surface area contributed by atoms with Crippen molar-refractivity contribution in [3.63, 3.8) is 0 Å². The van der Waals surface area contributed by atoms with Crippen LogP contribution in [0.25, 0.3) is 21.9 Å². The highest BCUT2D eigenvalue weighted by atomic mass is 14.9. The van der Waals surface area contributed by atoms with Crippen LogP contribution in [0.3, 0.4) is 0 Å². The van der Waals surface area contributed by atoms with Crippen molar-refractivity contribution in [3.8, 4) is 11.1 Å². The molecule has 0 amide bonds. The fourth-order valence-corrected chi connectivity index (χ4v) is 2.15. The lowest BCUT2D eigenvalue weighted by molar-refractivity contribution is -0.669. The summed E-state index contributed by atoms with van der Waals surface area (Å²) in [6.45, 7) is 0. The summed E-state index contributed by atoms with van der Waals surface area (Å²) in [5.41, 5.74) is 2.44. The molecule has 0 radical (unpaired) electrons. The number of hydrogen-bond acceptors (Lipinski definition) is 1. The topological polar surface area (TPSA) is 16.8 Å². The summed E-state index contributed by atoms with van der Waals surface area (Å²) in [4.78, 5) is 4.07. The van der Waals surface area contributed by atoms with Gasteiger partial charge in [0.25, 0.3) is 0 Å². The van der Waals surface area contributed by atoms with Gasteiger partial charge in [-0.05, 0) is 23.8 Å². The monoisotopic (exact) mass is 221 g/mol. The van der Waals surface area contributed by atoms with E-state index in [0.717, 1.165) is 0 Å². The number of aryl methyl sites for hydroxylation is 1. The van der Waals surface area contributed by atoms with Gasteiger partial charge in [-0.1, -0.05) is 18.2 Å². The van der Waals surface area contributed by atoms with E-state index in [1.54, 1.807) is 0 Å². The van der Waals surface area contributed by atoms with Crippen molar-refractivity contribution in [2.45, 2.75) is 0 Å². The molecule has 17 heavy (non-hydrogen) atoms. The number of fused-ring (bicyclic) bond motifs is 1. The average molecular weight is 221 g/mol. The lowest BCUT2D eigenvalue weighted by atomic mass is 10.0. The van der Waals surface area contributed by atoms with Crippen molar-refractivity contribution in [2.24, 2.45) is 7.05 Å². The quantitative estimate of drug-likeness (QED) is 0.577. The Labute approximate surface area is 100 Å². The zero-order valence-electron chi connectivity index (χ0n) is 9.67. The number of pyridine rings is 2. The zero-order chi connectivity index (χ0) is 11.7. The molecule has 3 aromatic rings. The average Bonchev–Trinajstić information content (AvgIpc) is 2.39. The van der Waals surface area contributed by atoms with Gasteiger partial charge in [0, 0.05) is 23.2 Å². The van der Waals surface area contributed by atoms with Gasteiger partial charge in [-0.15, -0.1) is 0 Å². The maximum absolute atomic E-state index is 4.07. The van der Waals surface area contributed by atoms with E-state index >= 15 is 0 Å². The minimum atomic E-state index is 1.20. The Morgan fingerprint density at radius 1 is 0.941 bits per heavy atom. The molecular formula is C15H13N2+. The summed E-state index contributed by atoms with van der Waals surface area (Å²) < 4.78 is 2.10. The van der Waals surface area contributed by atoms with Crippen LogP contribution >= 0.6 is 0 Å². The van der Waals surface area contributed by atoms with E-state index < -0.39 is 0 Å². The van der Waals surface area contributed by atoms with E-state index in [0.29, 0.717) is 0 Å². The molecule has 0 aliphatic carbocycles. The third kappa shape index (κ3) is 1.78. The van der Waals surface area contributed by atoms with Crippen LogP contribution in [0.4, 0.5) is 0 Å². The summed E-state index contributed by atoms with van der Waals surface area (Å²) in [6.07, 6.45) is 7.95. The van der Waals surface area contributed by atoms with Crippen molar-refractivity contribution in [1.82, 2.24) is 4.98 Å². The summed E-state index contributed by atoms with van der Waals surface area (Å²) in [7, 11) is 2.05. The largest absolute Gasteiger partial charge is 0.265 e. The summed E-state index contributed by atoms with van der Waals surface area (Å²) >= 11 is 0. The predicted molar refractivity (Wildman–Crippen MR) is 68.4 cm³/mol. The van der Waals surface area contributed by atoms with Crippen molar-refractivity contribution in [2.75, 3.05) is 0 Å². The fourth-order valence-electron chi connectivity index (χ4n) is 2.15. The maximum atomic E-state index is 4.07. The van der Waals surface area contributed by atoms with Crippen LogP contribution in [-0.4, -0.2) is 4.98 Å². The first-order valence-corrected chi connectivity index (χ1v) is 5.63. The molecule has 0 saturated heterocycles. The lowest BCUT2D eigenvalue weighted by Gasteiger charge is -2.04. The van der Waals surface area contributed by atoms with Gasteiger partial charge in [0.2, 0.25) is 0 Å². The third-order valence-electron chi connectivity index (χ3n) is 2.92. The number of hydrogen-bond donors (Lipinski definition) is 0. The molecule has 0 atom stereocenters. The van der Waals surface area contributed by atoms with E-state index in [4.69, 9.17) is 0 Å². The summed E-state index contributed by atoms with van der Waals surface area (Å²) in [6, 6.07) is 12.5. The lowest BCUT2D eigenvalue weighted by Crippen LogP contribution is -2.26. The molecular weight excluding hydrogens is 208 g/mol. The zero-order valence-corrected chi connectivity index (χ0v) is 9.67. The minimum Gasteiger partial charge on any atom is -0.265 e. The summed E-state index contributed by atoms with van der Waals surface area (Å²) in [5.74, 6) is 0. The Bertz CT molecular complexity index is 660. The first-order valence-electron chi connectivity index (χ1n) is 5.63. The van der Waals surface area contributed by atoms with E-state index in [2.05, 4.69) is 53.3 Å². The van der Waals surface area contributed by atoms with Gasteiger partial charge in [-0.2, -0.15) is 0 Å². The van der Waals surface area contributed by atoms with Gasteiger partial charge in [-0.3, -0.25) is 4.98 Å². The van der Waals surface area contributed by atoms with Crippen molar-refractivity contribution in [1.29, 1.82) is 0 Å². The molecule has 2 heterocycles. The second-order valence-corrected chi connectivity index (χ2v) is 4.16. The Hall–Kier alpha value is -2.22. The molecule has 0 unspecified atom stereocenters. The minimum absolute atomic E-state index is 1.20. The van der Waals surface area contributed by atoms with E-state index in [-0.39, 0.29) is 0 Å². The van der Waals surface area contributed by atoms with Crippen molar-refractivity contribution < 1.29 is 4.57 Å². The van der Waals surface area contributed by atoms with Crippen LogP contribution < -0.4 is 4.57 Å². The van der Waals surface area contributed by atoms with Gasteiger partial charge in [0.1, 0.15) is 7.05 Å². The molecule has 0 bridgehead atoms. The molecule has 2 nitrogen and oxygen atoms in total. The molecule has 0 saturated carbocycles. The molecule has 82 valence electrons. The Morgan fingerprint density at radius 2 is 1.71 bits per heavy atom. The molecule has 0 spiro atoms. The van der Waals surface area contributed by atoms with Gasteiger partial charge < -0.3 is 0 Å². The molecule has 1 aromatic carbocycles. The Kier molecular flexibility index (Phi) is 2.33. The van der Waals surface area contributed by atoms with Gasteiger partial charge in [-0.25, -0.2) is 4.57 Å². The molecule has 2 heteroatoms. The number of benzene rings is 1. The Morgan fingerprint density at radius 3 is 2.53 bits per heavy atom. The SMILES string of the molecule is C[n+]1cc(-c2ccncc2)c2ccccc2c1. The van der Waals surface area contributed by atoms with E-state index in [9.17, 15) is 0 Å². The van der Waals surface area contributed by atoms with Crippen LogP contribution in [0, 0.1) is 0 Å². The molecule has 2 aromatic heterocycles. The van der Waals surface area contributed by atoms with Crippen LogP contribution in [0.15, 0.2) is 61.2 Å². The molecule has 3 rings (SSSR count). The number of aromatic nitrogens is 2. The first-order chi connectivity index (χ1) is 8.34. The van der Waals surface area contributed by atoms with Crippen molar-refractivity contribution >= 4 is 10.8 Å². The first kappa shape index (κ1) is 9.97. The second-order valence-electron chi connectivity index (χ2n) is 4.16. The molecule has 0 aliphatic heterocycles. The molecule has 0 fully saturated rings. The van der Waals surface area contributed by atoms with Crippen LogP contribution in [-0.2, 0) is 7.05 Å². The smallest absolute Gasteiger partial charge is 0.177 e. The molecule has 0 N–H and O–H groups in total. The highest BCUT2D eigenvalue weighted by molar-refractivity contribution is 5.94. The summed E-state index contributed by atoms with van der Waals surface area (Å²) in [5, 5.41) is 2.53. The number of rotatable bonds is 1. The molecule has 0 aliphatic rings. The van der Waals surface area contributed by atoms with Gasteiger partial charge >= 0.3 is 0 Å². The predicted octanol–water partition coefficient (Wildman–Crippen LogP) is 2.73. The highest BCUT2D eigenvalue weighted by Crippen LogP contribution is 2.25. The Balaban J connectivity index is 2.36. The van der Waals surface area contributed by atoms with Crippen molar-refractivity contribution in [3.05, 3.63) is 61.2 Å². The standard InChI is InChI=1S/C15H13N2/c1-17-10-13-4-2-3-5-14(13)15(11-17)12-6-8-16-9-7-12/h2-11H,1H3/q+1. The van der Waals surface area contributed by atoms with Crippen LogP contribution in [0.2, 0.25) is 0 Å². The van der Waals surface area contributed by atoms with Crippen LogP contribution in [0.5, 0.6) is 0 Å². The highest BCUT2D eigenvalue weighted by Gasteiger charge is 2.08. The normalized spacial score (nSPS) is 10.6. The number of nitrogens with zero attached hydrogens (tertiary/aromatic N) is 2. The van der Waals surface area contributed by atoms with E-state index in [1.165, 1.54) is 21.9 Å². The second kappa shape index (κ2) is 3.98.